The van der Waals surface area contributed by atoms with Crippen LogP contribution in [-0.2, 0) is 0 Å². The lowest BCUT2D eigenvalue weighted by molar-refractivity contribution is 0.973. The predicted molar refractivity (Wildman–Crippen MR) is 111 cm³/mol. The summed E-state index contributed by atoms with van der Waals surface area (Å²) in [4.78, 5) is 13.2. The molecule has 0 aliphatic rings. The fourth-order valence-electron chi connectivity index (χ4n) is 2.79. The van der Waals surface area contributed by atoms with Gasteiger partial charge < -0.3 is 0 Å². The van der Waals surface area contributed by atoms with Crippen molar-refractivity contribution in [2.75, 3.05) is 0 Å². The van der Waals surface area contributed by atoms with E-state index in [0.717, 1.165) is 32.5 Å². The number of hydrogen-bond donors (Lipinski definition) is 0. The number of nitriles is 2. The highest BCUT2D eigenvalue weighted by Crippen LogP contribution is 2.14. The van der Waals surface area contributed by atoms with Crippen LogP contribution < -0.4 is 14.8 Å². The van der Waals surface area contributed by atoms with Crippen molar-refractivity contribution in [1.82, 2.24) is 4.57 Å². The molecule has 0 saturated carbocycles. The van der Waals surface area contributed by atoms with Gasteiger partial charge in [0.15, 0.2) is 5.57 Å². The summed E-state index contributed by atoms with van der Waals surface area (Å²) in [6.45, 7) is 3.88. The first kappa shape index (κ1) is 18.8. The van der Waals surface area contributed by atoms with Crippen LogP contribution in [0.5, 0.6) is 0 Å². The van der Waals surface area contributed by atoms with Gasteiger partial charge in [-0.3, -0.25) is 9.36 Å². The van der Waals surface area contributed by atoms with Crippen molar-refractivity contribution in [1.29, 1.82) is 10.5 Å². The zero-order chi connectivity index (χ0) is 19.6. The van der Waals surface area contributed by atoms with Crippen LogP contribution in [0.2, 0.25) is 0 Å². The molecule has 6 heteroatoms. The second-order valence-corrected chi connectivity index (χ2v) is 7.95. The Morgan fingerprint density at radius 3 is 2.52 bits per heavy atom. The predicted octanol–water partition coefficient (Wildman–Crippen LogP) is 3.31. The first-order valence-electron chi connectivity index (χ1n) is 8.06. The highest BCUT2D eigenvalue weighted by molar-refractivity contribution is 9.10. The molecule has 1 heterocycles. The summed E-state index contributed by atoms with van der Waals surface area (Å²) in [5.41, 5.74) is 3.19. The van der Waals surface area contributed by atoms with Crippen molar-refractivity contribution in [3.05, 3.63) is 83.2 Å². The highest BCUT2D eigenvalue weighted by Gasteiger charge is 2.13. The molecule has 0 atom stereocenters. The van der Waals surface area contributed by atoms with Crippen LogP contribution in [0.1, 0.15) is 16.7 Å². The summed E-state index contributed by atoms with van der Waals surface area (Å²) in [5.74, 6) is 0. The number of thiazole rings is 1. The quantitative estimate of drug-likeness (QED) is 0.619. The maximum Gasteiger partial charge on any atom is 0.273 e. The fourth-order valence-corrected chi connectivity index (χ4v) is 4.26. The number of halogens is 1. The van der Waals surface area contributed by atoms with E-state index in [9.17, 15) is 15.3 Å². The molecule has 132 valence electrons. The van der Waals surface area contributed by atoms with E-state index in [1.807, 2.05) is 68.5 Å². The molecule has 1 aromatic heterocycles. The van der Waals surface area contributed by atoms with Gasteiger partial charge in [-0.2, -0.15) is 10.5 Å². The molecule has 0 bridgehead atoms. The Balaban J connectivity index is 2.43. The minimum absolute atomic E-state index is 0.0778. The van der Waals surface area contributed by atoms with Crippen molar-refractivity contribution in [3.63, 3.8) is 0 Å². The van der Waals surface area contributed by atoms with E-state index in [2.05, 4.69) is 15.9 Å². The minimum Gasteiger partial charge on any atom is -0.267 e. The molecule has 0 N–H and O–H groups in total. The average molecular weight is 436 g/mol. The summed E-state index contributed by atoms with van der Waals surface area (Å²) < 4.78 is 3.18. The van der Waals surface area contributed by atoms with Crippen LogP contribution in [0.3, 0.4) is 0 Å². The largest absolute Gasteiger partial charge is 0.273 e. The molecule has 2 aromatic carbocycles. The van der Waals surface area contributed by atoms with Crippen LogP contribution in [-0.4, -0.2) is 4.57 Å². The van der Waals surface area contributed by atoms with Gasteiger partial charge in [-0.25, -0.2) is 0 Å². The summed E-state index contributed by atoms with van der Waals surface area (Å²) >= 11 is 4.57. The number of hydrogen-bond acceptors (Lipinski definition) is 4. The lowest BCUT2D eigenvalue weighted by atomic mass is 10.1. The molecule has 3 aromatic rings. The van der Waals surface area contributed by atoms with Gasteiger partial charge in [0.05, 0.1) is 10.2 Å². The first-order valence-corrected chi connectivity index (χ1v) is 9.67. The lowest BCUT2D eigenvalue weighted by Crippen LogP contribution is -2.31. The Labute approximate surface area is 168 Å². The van der Waals surface area contributed by atoms with Crippen molar-refractivity contribution in [2.24, 2.45) is 0 Å². The van der Waals surface area contributed by atoms with Crippen LogP contribution in [0.4, 0.5) is 0 Å². The Morgan fingerprint density at radius 2 is 1.89 bits per heavy atom. The standard InChI is InChI=1S/C21H14BrN3OS/c1-13-6-7-18(14(2)8-13)25-20(26)19(27-21(25)16(11-23)12-24)10-15-4-3-5-17(22)9-15/h3-10H,1-2H3. The monoisotopic (exact) mass is 435 g/mol. The zero-order valence-electron chi connectivity index (χ0n) is 14.7. The highest BCUT2D eigenvalue weighted by atomic mass is 79.9. The topological polar surface area (TPSA) is 69.6 Å². The zero-order valence-corrected chi connectivity index (χ0v) is 17.1. The van der Waals surface area contributed by atoms with E-state index in [1.54, 1.807) is 6.08 Å². The molecule has 0 aliphatic heterocycles. The summed E-state index contributed by atoms with van der Waals surface area (Å²) in [7, 11) is 0. The normalized spacial score (nSPS) is 11.1. The molecule has 0 saturated heterocycles. The van der Waals surface area contributed by atoms with Gasteiger partial charge >= 0.3 is 0 Å². The molecule has 0 aliphatic carbocycles. The third-order valence-electron chi connectivity index (χ3n) is 4.00. The van der Waals surface area contributed by atoms with Gasteiger partial charge in [-0.1, -0.05) is 45.8 Å². The van der Waals surface area contributed by atoms with Gasteiger partial charge in [-0.15, -0.1) is 11.3 Å². The van der Waals surface area contributed by atoms with E-state index in [1.165, 1.54) is 4.57 Å². The average Bonchev–Trinajstić information content (AvgIpc) is 2.93. The maximum absolute atomic E-state index is 13.2. The van der Waals surface area contributed by atoms with Crippen molar-refractivity contribution >= 4 is 38.9 Å². The van der Waals surface area contributed by atoms with Crippen molar-refractivity contribution in [3.8, 4) is 17.8 Å². The van der Waals surface area contributed by atoms with E-state index in [-0.39, 0.29) is 11.1 Å². The third-order valence-corrected chi connectivity index (χ3v) is 5.59. The molecule has 4 nitrogen and oxygen atoms in total. The number of rotatable bonds is 2. The smallest absolute Gasteiger partial charge is 0.267 e. The van der Waals surface area contributed by atoms with Gasteiger partial charge in [0.1, 0.15) is 16.8 Å². The van der Waals surface area contributed by atoms with Crippen LogP contribution in [0.25, 0.3) is 17.3 Å². The minimum atomic E-state index is -0.245. The molecule has 0 fully saturated rings. The van der Waals surface area contributed by atoms with Gasteiger partial charge in [-0.05, 0) is 49.2 Å². The van der Waals surface area contributed by atoms with Crippen molar-refractivity contribution < 1.29 is 0 Å². The van der Waals surface area contributed by atoms with Crippen LogP contribution >= 0.6 is 27.3 Å². The number of benzene rings is 2. The molecule has 27 heavy (non-hydrogen) atoms. The Bertz CT molecular complexity index is 1290. The Morgan fingerprint density at radius 1 is 1.15 bits per heavy atom. The van der Waals surface area contributed by atoms with Gasteiger partial charge in [0, 0.05) is 4.47 Å². The summed E-state index contributed by atoms with van der Waals surface area (Å²) in [6, 6.07) is 17.1. The molecular weight excluding hydrogens is 422 g/mol. The van der Waals surface area contributed by atoms with Gasteiger partial charge in [0.25, 0.3) is 5.56 Å². The van der Waals surface area contributed by atoms with Crippen LogP contribution in [0.15, 0.2) is 51.7 Å². The van der Waals surface area contributed by atoms with Crippen molar-refractivity contribution in [2.45, 2.75) is 13.8 Å². The maximum atomic E-state index is 13.2. The second kappa shape index (κ2) is 7.75. The fraction of sp³-hybridized carbons (Fsp3) is 0.0952. The molecule has 0 amide bonds. The molecule has 3 rings (SSSR count). The SMILES string of the molecule is Cc1ccc(-n2c(=C(C#N)C#N)sc(=Cc3cccc(Br)c3)c2=O)c(C)c1. The number of nitrogens with zero attached hydrogens (tertiary/aromatic N) is 3. The van der Waals surface area contributed by atoms with Crippen LogP contribution in [0, 0.1) is 36.5 Å². The number of aromatic nitrogens is 1. The summed E-state index contributed by atoms with van der Waals surface area (Å²) in [5, 5.41) is 18.7. The van der Waals surface area contributed by atoms with E-state index in [0.29, 0.717) is 14.9 Å². The van der Waals surface area contributed by atoms with E-state index in [4.69, 9.17) is 0 Å². The molecule has 0 unspecified atom stereocenters. The second-order valence-electron chi connectivity index (χ2n) is 6.00. The van der Waals surface area contributed by atoms with E-state index < -0.39 is 0 Å². The van der Waals surface area contributed by atoms with E-state index >= 15 is 0 Å². The first-order chi connectivity index (χ1) is 12.9. The van der Waals surface area contributed by atoms with Gasteiger partial charge in [0.2, 0.25) is 0 Å². The third kappa shape index (κ3) is 3.78. The molecule has 0 radical (unpaired) electrons. The summed E-state index contributed by atoms with van der Waals surface area (Å²) in [6.07, 6.45) is 1.77. The molecule has 0 spiro atoms. The Kier molecular flexibility index (Phi) is 5.41. The molecular formula is C21H14BrN3OS. The lowest BCUT2D eigenvalue weighted by Gasteiger charge is -2.07. The Hall–Kier alpha value is -2.93. The number of aryl methyl sites for hydroxylation is 2.